The fourth-order valence-corrected chi connectivity index (χ4v) is 2.58. The Morgan fingerprint density at radius 2 is 1.75 bits per heavy atom. The predicted octanol–water partition coefficient (Wildman–Crippen LogP) is 3.56. The summed E-state index contributed by atoms with van der Waals surface area (Å²) >= 11 is 0. The van der Waals surface area contributed by atoms with E-state index in [0.717, 1.165) is 31.7 Å². The second kappa shape index (κ2) is 7.32. The Balaban J connectivity index is 1.99. The summed E-state index contributed by atoms with van der Waals surface area (Å²) in [5, 5.41) is 0. The van der Waals surface area contributed by atoms with Crippen LogP contribution in [-0.4, -0.2) is 30.0 Å². The van der Waals surface area contributed by atoms with E-state index in [-0.39, 0.29) is 12.0 Å². The summed E-state index contributed by atoms with van der Waals surface area (Å²) in [5.74, 6) is 0.931. The average Bonchev–Trinajstić information content (AvgIpc) is 2.75. The first-order valence-corrected chi connectivity index (χ1v) is 7.73. The van der Waals surface area contributed by atoms with Crippen molar-refractivity contribution in [2.24, 2.45) is 0 Å². The number of likely N-dealkylation sites (tertiary alicyclic amines) is 1. The summed E-state index contributed by atoms with van der Waals surface area (Å²) in [6.07, 6.45) is 5.07. The van der Waals surface area contributed by atoms with Gasteiger partial charge in [0.05, 0.1) is 0 Å². The van der Waals surface area contributed by atoms with E-state index in [0.29, 0.717) is 6.42 Å². The zero-order valence-electron chi connectivity index (χ0n) is 12.6. The second-order valence-electron chi connectivity index (χ2n) is 5.57. The molecule has 1 amide bonds. The maximum atomic E-state index is 12.6. The lowest BCUT2D eigenvalue weighted by Crippen LogP contribution is -2.42. The SMILES string of the molecule is CC[C@H](Oc1ccc(C)cc1)C(=O)N1CCCCCC1. The number of hydrogen-bond acceptors (Lipinski definition) is 2. The second-order valence-corrected chi connectivity index (χ2v) is 5.57. The predicted molar refractivity (Wildman–Crippen MR) is 80.9 cm³/mol. The molecular formula is C17H25NO2. The molecule has 1 aromatic carbocycles. The van der Waals surface area contributed by atoms with Gasteiger partial charge in [-0.2, -0.15) is 0 Å². The van der Waals surface area contributed by atoms with Gasteiger partial charge in [-0.05, 0) is 38.3 Å². The van der Waals surface area contributed by atoms with E-state index in [2.05, 4.69) is 0 Å². The molecule has 3 nitrogen and oxygen atoms in total. The summed E-state index contributed by atoms with van der Waals surface area (Å²) < 4.78 is 5.88. The topological polar surface area (TPSA) is 29.5 Å². The third-order valence-electron chi connectivity index (χ3n) is 3.86. The van der Waals surface area contributed by atoms with Gasteiger partial charge in [0, 0.05) is 13.1 Å². The number of ether oxygens (including phenoxy) is 1. The largest absolute Gasteiger partial charge is 0.481 e. The van der Waals surface area contributed by atoms with Crippen molar-refractivity contribution in [1.29, 1.82) is 0 Å². The van der Waals surface area contributed by atoms with Gasteiger partial charge < -0.3 is 9.64 Å². The molecule has 1 fully saturated rings. The van der Waals surface area contributed by atoms with Crippen LogP contribution in [-0.2, 0) is 4.79 Å². The minimum absolute atomic E-state index is 0.148. The third-order valence-corrected chi connectivity index (χ3v) is 3.86. The van der Waals surface area contributed by atoms with Crippen molar-refractivity contribution in [2.45, 2.75) is 52.1 Å². The summed E-state index contributed by atoms with van der Waals surface area (Å²) in [7, 11) is 0. The molecule has 0 N–H and O–H groups in total. The van der Waals surface area contributed by atoms with Crippen LogP contribution in [0.4, 0.5) is 0 Å². The van der Waals surface area contributed by atoms with Crippen molar-refractivity contribution in [3.63, 3.8) is 0 Å². The molecule has 3 heteroatoms. The lowest BCUT2D eigenvalue weighted by Gasteiger charge is -2.26. The molecule has 0 radical (unpaired) electrons. The average molecular weight is 275 g/mol. The highest BCUT2D eigenvalue weighted by Crippen LogP contribution is 2.17. The van der Waals surface area contributed by atoms with Crippen LogP contribution in [0.5, 0.6) is 5.75 Å². The maximum absolute atomic E-state index is 12.6. The van der Waals surface area contributed by atoms with Gasteiger partial charge in [0.2, 0.25) is 0 Å². The maximum Gasteiger partial charge on any atom is 0.263 e. The van der Waals surface area contributed by atoms with Crippen LogP contribution in [0.3, 0.4) is 0 Å². The zero-order chi connectivity index (χ0) is 14.4. The number of benzene rings is 1. The molecule has 1 heterocycles. The molecule has 0 bridgehead atoms. The van der Waals surface area contributed by atoms with Crippen molar-refractivity contribution in [2.75, 3.05) is 13.1 Å². The molecule has 110 valence electrons. The molecule has 1 aliphatic heterocycles. The van der Waals surface area contributed by atoms with Crippen molar-refractivity contribution in [3.8, 4) is 5.75 Å². The Hall–Kier alpha value is -1.51. The Kier molecular flexibility index (Phi) is 5.45. The van der Waals surface area contributed by atoms with Crippen molar-refractivity contribution in [3.05, 3.63) is 29.8 Å². The van der Waals surface area contributed by atoms with E-state index in [4.69, 9.17) is 4.74 Å². The summed E-state index contributed by atoms with van der Waals surface area (Å²) in [5.41, 5.74) is 1.20. The highest BCUT2D eigenvalue weighted by molar-refractivity contribution is 5.81. The van der Waals surface area contributed by atoms with E-state index in [1.54, 1.807) is 0 Å². The van der Waals surface area contributed by atoms with E-state index in [1.165, 1.54) is 18.4 Å². The fourth-order valence-electron chi connectivity index (χ4n) is 2.58. The quantitative estimate of drug-likeness (QED) is 0.841. The number of aryl methyl sites for hydroxylation is 1. The van der Waals surface area contributed by atoms with Crippen molar-refractivity contribution >= 4 is 5.91 Å². The van der Waals surface area contributed by atoms with Gasteiger partial charge in [0.1, 0.15) is 5.75 Å². The van der Waals surface area contributed by atoms with E-state index in [1.807, 2.05) is 43.0 Å². The molecule has 0 aromatic heterocycles. The van der Waals surface area contributed by atoms with E-state index < -0.39 is 0 Å². The Bertz CT molecular complexity index is 419. The van der Waals surface area contributed by atoms with Crippen LogP contribution < -0.4 is 4.74 Å². The highest BCUT2D eigenvalue weighted by Gasteiger charge is 2.25. The Morgan fingerprint density at radius 3 is 2.30 bits per heavy atom. The van der Waals surface area contributed by atoms with E-state index in [9.17, 15) is 4.79 Å². The summed E-state index contributed by atoms with van der Waals surface area (Å²) in [6.45, 7) is 5.82. The molecule has 0 unspecified atom stereocenters. The van der Waals surface area contributed by atoms with Crippen LogP contribution in [0.1, 0.15) is 44.6 Å². The van der Waals surface area contributed by atoms with Gasteiger partial charge in [-0.1, -0.05) is 37.5 Å². The van der Waals surface area contributed by atoms with Crippen LogP contribution in [0.2, 0.25) is 0 Å². The van der Waals surface area contributed by atoms with E-state index >= 15 is 0 Å². The molecule has 20 heavy (non-hydrogen) atoms. The normalized spacial score (nSPS) is 17.4. The van der Waals surface area contributed by atoms with Gasteiger partial charge in [0.25, 0.3) is 5.91 Å². The first kappa shape index (κ1) is 14.9. The zero-order valence-corrected chi connectivity index (χ0v) is 12.6. The summed E-state index contributed by atoms with van der Waals surface area (Å²) in [4.78, 5) is 14.5. The van der Waals surface area contributed by atoms with Gasteiger partial charge in [-0.25, -0.2) is 0 Å². The van der Waals surface area contributed by atoms with Crippen LogP contribution >= 0.6 is 0 Å². The lowest BCUT2D eigenvalue weighted by molar-refractivity contribution is -0.138. The minimum Gasteiger partial charge on any atom is -0.481 e. The molecule has 0 saturated carbocycles. The molecule has 1 atom stereocenters. The van der Waals surface area contributed by atoms with Gasteiger partial charge in [0.15, 0.2) is 6.10 Å². The van der Waals surface area contributed by atoms with Gasteiger partial charge in [-0.3, -0.25) is 4.79 Å². The number of carbonyl (C=O) groups is 1. The number of nitrogens with zero attached hydrogens (tertiary/aromatic N) is 1. The number of amides is 1. The van der Waals surface area contributed by atoms with Gasteiger partial charge >= 0.3 is 0 Å². The van der Waals surface area contributed by atoms with Gasteiger partial charge in [-0.15, -0.1) is 0 Å². The lowest BCUT2D eigenvalue weighted by atomic mass is 10.2. The molecule has 2 rings (SSSR count). The first-order valence-electron chi connectivity index (χ1n) is 7.73. The fraction of sp³-hybridized carbons (Fsp3) is 0.588. The molecule has 0 spiro atoms. The molecule has 1 aromatic rings. The number of hydrogen-bond donors (Lipinski definition) is 0. The monoisotopic (exact) mass is 275 g/mol. The highest BCUT2D eigenvalue weighted by atomic mass is 16.5. The Labute approximate surface area is 121 Å². The number of carbonyl (C=O) groups excluding carboxylic acids is 1. The summed E-state index contributed by atoms with van der Waals surface area (Å²) in [6, 6.07) is 7.90. The van der Waals surface area contributed by atoms with Crippen LogP contribution in [0.25, 0.3) is 0 Å². The van der Waals surface area contributed by atoms with Crippen molar-refractivity contribution in [1.82, 2.24) is 4.90 Å². The molecule has 1 aliphatic rings. The van der Waals surface area contributed by atoms with Crippen molar-refractivity contribution < 1.29 is 9.53 Å². The Morgan fingerprint density at radius 1 is 1.15 bits per heavy atom. The minimum atomic E-state index is -0.351. The number of rotatable bonds is 4. The molecule has 0 aliphatic carbocycles. The van der Waals surface area contributed by atoms with Crippen LogP contribution in [0.15, 0.2) is 24.3 Å². The smallest absolute Gasteiger partial charge is 0.263 e. The molecule has 1 saturated heterocycles. The first-order chi connectivity index (χ1) is 9.70. The van der Waals surface area contributed by atoms with Crippen LogP contribution in [0, 0.1) is 6.92 Å². The standard InChI is InChI=1S/C17H25NO2/c1-3-16(20-15-10-8-14(2)9-11-15)17(19)18-12-6-4-5-7-13-18/h8-11,16H,3-7,12-13H2,1-2H3/t16-/m0/s1. The molecular weight excluding hydrogens is 250 g/mol. The third kappa shape index (κ3) is 3.99.